The van der Waals surface area contributed by atoms with Crippen LogP contribution in [-0.4, -0.2) is 6.54 Å². The minimum Gasteiger partial charge on any atom is -0.330 e. The van der Waals surface area contributed by atoms with E-state index in [1.807, 2.05) is 0 Å². The summed E-state index contributed by atoms with van der Waals surface area (Å²) in [5, 5.41) is 0. The SMILES string of the molecule is Cc1ccc2c(c1)CCC(CN)C21CCCCC1. The van der Waals surface area contributed by atoms with Crippen molar-refractivity contribution in [2.75, 3.05) is 6.54 Å². The van der Waals surface area contributed by atoms with Crippen molar-refractivity contribution in [2.24, 2.45) is 11.7 Å². The Balaban J connectivity index is 2.08. The number of hydrogen-bond acceptors (Lipinski definition) is 1. The van der Waals surface area contributed by atoms with Gasteiger partial charge in [0, 0.05) is 0 Å². The molecule has 2 aliphatic carbocycles. The van der Waals surface area contributed by atoms with Crippen molar-refractivity contribution in [1.29, 1.82) is 0 Å². The molecule has 0 saturated heterocycles. The summed E-state index contributed by atoms with van der Waals surface area (Å²) in [6.07, 6.45) is 9.47. The van der Waals surface area contributed by atoms with E-state index >= 15 is 0 Å². The standard InChI is InChI=1S/C17H25N/c1-13-5-8-16-14(11-13)6-7-15(12-18)17(16)9-3-2-4-10-17/h5,8,11,15H,2-4,6-7,9-10,12,18H2,1H3. The smallest absolute Gasteiger partial charge is 0.000391 e. The molecule has 1 nitrogen and oxygen atoms in total. The lowest BCUT2D eigenvalue weighted by atomic mass is 9.57. The minimum atomic E-state index is 0.425. The highest BCUT2D eigenvalue weighted by Gasteiger charge is 2.43. The van der Waals surface area contributed by atoms with E-state index in [0.717, 1.165) is 6.54 Å². The van der Waals surface area contributed by atoms with Crippen molar-refractivity contribution in [1.82, 2.24) is 0 Å². The van der Waals surface area contributed by atoms with Crippen LogP contribution < -0.4 is 5.73 Å². The molecule has 3 rings (SSSR count). The molecule has 2 N–H and O–H groups in total. The Morgan fingerprint density at radius 2 is 2.00 bits per heavy atom. The lowest BCUT2D eigenvalue weighted by molar-refractivity contribution is 0.171. The van der Waals surface area contributed by atoms with Gasteiger partial charge in [-0.15, -0.1) is 0 Å². The summed E-state index contributed by atoms with van der Waals surface area (Å²) >= 11 is 0. The molecule has 0 amide bonds. The molecule has 1 spiro atoms. The van der Waals surface area contributed by atoms with Gasteiger partial charge in [0.1, 0.15) is 0 Å². The molecule has 0 aromatic heterocycles. The van der Waals surface area contributed by atoms with Gasteiger partial charge in [0.2, 0.25) is 0 Å². The molecule has 0 aliphatic heterocycles. The monoisotopic (exact) mass is 243 g/mol. The Morgan fingerprint density at radius 3 is 2.72 bits per heavy atom. The average molecular weight is 243 g/mol. The van der Waals surface area contributed by atoms with Crippen LogP contribution >= 0.6 is 0 Å². The van der Waals surface area contributed by atoms with Gasteiger partial charge in [-0.1, -0.05) is 43.0 Å². The van der Waals surface area contributed by atoms with Crippen molar-refractivity contribution in [3.63, 3.8) is 0 Å². The van der Waals surface area contributed by atoms with Crippen LogP contribution in [-0.2, 0) is 11.8 Å². The van der Waals surface area contributed by atoms with Crippen molar-refractivity contribution < 1.29 is 0 Å². The molecule has 1 fully saturated rings. The maximum absolute atomic E-state index is 6.10. The van der Waals surface area contributed by atoms with E-state index in [9.17, 15) is 0 Å². The lowest BCUT2D eigenvalue weighted by Crippen LogP contribution is -2.44. The fraction of sp³-hybridized carbons (Fsp3) is 0.647. The molecule has 98 valence electrons. The van der Waals surface area contributed by atoms with Gasteiger partial charge < -0.3 is 5.73 Å². The molecule has 0 radical (unpaired) electrons. The normalized spacial score (nSPS) is 26.0. The van der Waals surface area contributed by atoms with E-state index in [2.05, 4.69) is 25.1 Å². The highest BCUT2D eigenvalue weighted by atomic mass is 14.6. The number of hydrogen-bond donors (Lipinski definition) is 1. The van der Waals surface area contributed by atoms with Crippen LogP contribution in [0.2, 0.25) is 0 Å². The van der Waals surface area contributed by atoms with E-state index in [4.69, 9.17) is 5.73 Å². The van der Waals surface area contributed by atoms with E-state index < -0.39 is 0 Å². The summed E-state index contributed by atoms with van der Waals surface area (Å²) in [6, 6.07) is 7.13. The highest BCUT2D eigenvalue weighted by molar-refractivity contribution is 5.40. The predicted octanol–water partition coefficient (Wildman–Crippen LogP) is 3.72. The Hall–Kier alpha value is -0.820. The Bertz CT molecular complexity index is 429. The summed E-state index contributed by atoms with van der Waals surface area (Å²) < 4.78 is 0. The van der Waals surface area contributed by atoms with Crippen molar-refractivity contribution in [3.8, 4) is 0 Å². The summed E-state index contributed by atoms with van der Waals surface area (Å²) in [5.41, 5.74) is 11.2. The number of benzene rings is 1. The first kappa shape index (κ1) is 12.2. The fourth-order valence-electron chi connectivity index (χ4n) is 4.44. The maximum Gasteiger partial charge on any atom is -0.000391 e. The quantitative estimate of drug-likeness (QED) is 0.799. The zero-order valence-electron chi connectivity index (χ0n) is 11.5. The van der Waals surface area contributed by atoms with Crippen molar-refractivity contribution >= 4 is 0 Å². The van der Waals surface area contributed by atoms with E-state index in [0.29, 0.717) is 11.3 Å². The molecule has 1 unspecified atom stereocenters. The van der Waals surface area contributed by atoms with Crippen molar-refractivity contribution in [3.05, 3.63) is 34.9 Å². The summed E-state index contributed by atoms with van der Waals surface area (Å²) in [4.78, 5) is 0. The van der Waals surface area contributed by atoms with Gasteiger partial charge in [-0.3, -0.25) is 0 Å². The second kappa shape index (κ2) is 4.70. The number of nitrogens with two attached hydrogens (primary N) is 1. The van der Waals surface area contributed by atoms with Crippen LogP contribution in [0.3, 0.4) is 0 Å². The van der Waals surface area contributed by atoms with Gasteiger partial charge in [-0.2, -0.15) is 0 Å². The molecule has 1 aromatic carbocycles. The molecule has 1 atom stereocenters. The first-order valence-corrected chi connectivity index (χ1v) is 7.56. The molecule has 1 heteroatoms. The van der Waals surface area contributed by atoms with Crippen LogP contribution in [0.4, 0.5) is 0 Å². The third-order valence-electron chi connectivity index (χ3n) is 5.37. The molecule has 18 heavy (non-hydrogen) atoms. The average Bonchev–Trinajstić information content (AvgIpc) is 2.40. The topological polar surface area (TPSA) is 26.0 Å². The number of fused-ring (bicyclic) bond motifs is 2. The zero-order valence-corrected chi connectivity index (χ0v) is 11.5. The second-order valence-corrected chi connectivity index (χ2v) is 6.35. The maximum atomic E-state index is 6.10. The Labute approximate surface area is 111 Å². The van der Waals surface area contributed by atoms with Crippen LogP contribution in [0.1, 0.15) is 55.2 Å². The zero-order chi connectivity index (χ0) is 12.6. The molecule has 1 aromatic rings. The van der Waals surface area contributed by atoms with Crippen molar-refractivity contribution in [2.45, 2.75) is 57.3 Å². The molecule has 0 heterocycles. The van der Waals surface area contributed by atoms with E-state index in [-0.39, 0.29) is 0 Å². The highest BCUT2D eigenvalue weighted by Crippen LogP contribution is 2.50. The van der Waals surface area contributed by atoms with Crippen LogP contribution in [0, 0.1) is 12.8 Å². The van der Waals surface area contributed by atoms with Gasteiger partial charge >= 0.3 is 0 Å². The fourth-order valence-corrected chi connectivity index (χ4v) is 4.44. The van der Waals surface area contributed by atoms with Gasteiger partial charge in [0.25, 0.3) is 0 Å². The molecule has 0 bridgehead atoms. The predicted molar refractivity (Wildman–Crippen MR) is 76.8 cm³/mol. The first-order valence-electron chi connectivity index (χ1n) is 7.56. The van der Waals surface area contributed by atoms with Gasteiger partial charge in [0.05, 0.1) is 0 Å². The Kier molecular flexibility index (Phi) is 3.19. The second-order valence-electron chi connectivity index (χ2n) is 6.35. The van der Waals surface area contributed by atoms with Gasteiger partial charge in [-0.25, -0.2) is 0 Å². The van der Waals surface area contributed by atoms with Crippen LogP contribution in [0.15, 0.2) is 18.2 Å². The van der Waals surface area contributed by atoms with Gasteiger partial charge in [-0.05, 0) is 61.6 Å². The third-order valence-corrected chi connectivity index (χ3v) is 5.37. The van der Waals surface area contributed by atoms with E-state index in [1.54, 1.807) is 11.1 Å². The summed E-state index contributed by atoms with van der Waals surface area (Å²) in [6.45, 7) is 3.08. The summed E-state index contributed by atoms with van der Waals surface area (Å²) in [7, 11) is 0. The van der Waals surface area contributed by atoms with Crippen LogP contribution in [0.5, 0.6) is 0 Å². The number of aryl methyl sites for hydroxylation is 2. The Morgan fingerprint density at radius 1 is 1.22 bits per heavy atom. The van der Waals surface area contributed by atoms with Gasteiger partial charge in [0.15, 0.2) is 0 Å². The third kappa shape index (κ3) is 1.80. The van der Waals surface area contributed by atoms with E-state index in [1.165, 1.54) is 50.5 Å². The summed E-state index contributed by atoms with van der Waals surface area (Å²) in [5.74, 6) is 0.716. The van der Waals surface area contributed by atoms with Crippen LogP contribution in [0.25, 0.3) is 0 Å². The molecule has 2 aliphatic rings. The molecule has 1 saturated carbocycles. The molecular weight excluding hydrogens is 218 g/mol. The largest absolute Gasteiger partial charge is 0.330 e. The molecular formula is C17H25N. The number of rotatable bonds is 1. The minimum absolute atomic E-state index is 0.425. The lowest BCUT2D eigenvalue weighted by Gasteiger charge is -2.48. The first-order chi connectivity index (χ1) is 8.76.